The quantitative estimate of drug-likeness (QED) is 0.553. The summed E-state index contributed by atoms with van der Waals surface area (Å²) in [5, 5.41) is 11.0. The molecule has 0 aromatic carbocycles. The van der Waals surface area contributed by atoms with E-state index in [1.165, 1.54) is 24.8 Å². The van der Waals surface area contributed by atoms with Crippen LogP contribution in [0.25, 0.3) is 0 Å². The summed E-state index contributed by atoms with van der Waals surface area (Å²) >= 11 is 0. The number of aliphatic hydroxyl groups is 1. The lowest BCUT2D eigenvalue weighted by Gasteiger charge is -2.59. The molecule has 1 N–H and O–H groups in total. The van der Waals surface area contributed by atoms with Gasteiger partial charge in [0.25, 0.3) is 0 Å². The van der Waals surface area contributed by atoms with Crippen LogP contribution >= 0.6 is 0 Å². The Morgan fingerprint density at radius 1 is 1.43 bits per heavy atom. The van der Waals surface area contributed by atoms with E-state index in [-0.39, 0.29) is 16.9 Å². The van der Waals surface area contributed by atoms with Crippen molar-refractivity contribution in [1.29, 1.82) is 0 Å². The predicted octanol–water partition coefficient (Wildman–Crippen LogP) is 5.28. The first-order valence-electron chi connectivity index (χ1n) is 8.43. The third-order valence-corrected chi connectivity index (χ3v) is 6.87. The van der Waals surface area contributed by atoms with Crippen molar-refractivity contribution in [3.8, 4) is 0 Å². The molecule has 2 rings (SSSR count). The van der Waals surface area contributed by atoms with Crippen LogP contribution in [0, 0.1) is 22.7 Å². The first-order chi connectivity index (χ1) is 9.76. The van der Waals surface area contributed by atoms with Crippen LogP contribution < -0.4 is 0 Å². The van der Waals surface area contributed by atoms with E-state index < -0.39 is 0 Å². The van der Waals surface area contributed by atoms with E-state index in [0.29, 0.717) is 11.8 Å². The molecule has 0 heterocycles. The molecule has 1 saturated carbocycles. The second kappa shape index (κ2) is 5.76. The van der Waals surface area contributed by atoms with Gasteiger partial charge in [-0.05, 0) is 56.8 Å². The zero-order chi connectivity index (χ0) is 15.8. The Bertz CT molecular complexity index is 472. The van der Waals surface area contributed by atoms with E-state index in [1.807, 2.05) is 19.1 Å². The molecule has 0 radical (unpaired) electrons. The van der Waals surface area contributed by atoms with E-state index in [1.54, 1.807) is 0 Å². The van der Waals surface area contributed by atoms with E-state index in [4.69, 9.17) is 0 Å². The lowest BCUT2D eigenvalue weighted by molar-refractivity contribution is -0.102. The molecule has 0 aliphatic heterocycles. The Morgan fingerprint density at radius 3 is 2.71 bits per heavy atom. The molecule has 0 saturated heterocycles. The summed E-state index contributed by atoms with van der Waals surface area (Å²) in [5.41, 5.74) is 2.82. The van der Waals surface area contributed by atoms with E-state index in [2.05, 4.69) is 40.3 Å². The van der Waals surface area contributed by atoms with Gasteiger partial charge in [0.05, 0.1) is 6.10 Å². The Hall–Kier alpha value is -0.820. The van der Waals surface area contributed by atoms with Crippen LogP contribution in [0.3, 0.4) is 0 Å². The van der Waals surface area contributed by atoms with Gasteiger partial charge in [-0.1, -0.05) is 56.7 Å². The van der Waals surface area contributed by atoms with Crippen molar-refractivity contribution in [2.24, 2.45) is 22.7 Å². The first kappa shape index (κ1) is 16.5. The smallest absolute Gasteiger partial charge is 0.0785 e. The molecule has 0 spiro atoms. The lowest BCUT2D eigenvalue weighted by atomic mass is 9.46. The molecular formula is C20H32O. The average Bonchev–Trinajstić information content (AvgIpc) is 2.45. The molecule has 5 atom stereocenters. The molecule has 0 bridgehead atoms. The molecule has 2 aliphatic carbocycles. The first-order valence-corrected chi connectivity index (χ1v) is 8.43. The molecule has 0 aromatic heterocycles. The van der Waals surface area contributed by atoms with Gasteiger partial charge in [-0.3, -0.25) is 0 Å². The van der Waals surface area contributed by atoms with E-state index in [0.717, 1.165) is 12.0 Å². The molecule has 118 valence electrons. The van der Waals surface area contributed by atoms with Crippen LogP contribution in [0.2, 0.25) is 0 Å². The number of aliphatic hydroxyl groups excluding tert-OH is 1. The maximum atomic E-state index is 11.0. The number of hydrogen-bond acceptors (Lipinski definition) is 1. The lowest BCUT2D eigenvalue weighted by Crippen LogP contribution is -2.54. The van der Waals surface area contributed by atoms with Gasteiger partial charge in [0.2, 0.25) is 0 Å². The van der Waals surface area contributed by atoms with E-state index in [9.17, 15) is 5.11 Å². The monoisotopic (exact) mass is 288 g/mol. The van der Waals surface area contributed by atoms with Crippen molar-refractivity contribution in [3.05, 3.63) is 36.0 Å². The van der Waals surface area contributed by atoms with Crippen LogP contribution in [0.1, 0.15) is 60.3 Å². The number of hydrogen-bond donors (Lipinski definition) is 1. The third-order valence-electron chi connectivity index (χ3n) is 6.87. The standard InChI is InChI=1S/C20H32O/c1-7-14(2)13-18(21)20(6)16(4)11-12-19(5)15(3)9-8-10-17(19)20/h7,9,13,16-18,21H,1,8,10-12H2,2-6H3/b14-13+/t16-,17+,18?,19+,20+/m0/s1. The molecule has 21 heavy (non-hydrogen) atoms. The van der Waals surface area contributed by atoms with Gasteiger partial charge in [0.15, 0.2) is 0 Å². The Kier molecular flexibility index (Phi) is 4.54. The largest absolute Gasteiger partial charge is 0.388 e. The highest BCUT2D eigenvalue weighted by molar-refractivity contribution is 5.24. The summed E-state index contributed by atoms with van der Waals surface area (Å²) in [6.45, 7) is 15.2. The molecule has 1 nitrogen and oxygen atoms in total. The Labute approximate surface area is 130 Å². The van der Waals surface area contributed by atoms with Crippen molar-refractivity contribution in [2.75, 3.05) is 0 Å². The second-order valence-corrected chi connectivity index (χ2v) is 7.80. The van der Waals surface area contributed by atoms with Crippen LogP contribution in [0.5, 0.6) is 0 Å². The van der Waals surface area contributed by atoms with Crippen molar-refractivity contribution < 1.29 is 5.11 Å². The van der Waals surface area contributed by atoms with Gasteiger partial charge in [0, 0.05) is 5.41 Å². The van der Waals surface area contributed by atoms with Gasteiger partial charge < -0.3 is 5.11 Å². The number of allylic oxidation sites excluding steroid dienone is 4. The molecule has 1 unspecified atom stereocenters. The normalized spacial score (nSPS) is 42.0. The van der Waals surface area contributed by atoms with Crippen LogP contribution in [0.15, 0.2) is 36.0 Å². The van der Waals surface area contributed by atoms with Crippen LogP contribution in [0.4, 0.5) is 0 Å². The fourth-order valence-electron chi connectivity index (χ4n) is 4.83. The SMILES string of the molecule is C=C/C(C)=C/C(O)[C@]1(C)[C@@H](C)CC[C@]2(C)C(C)=CCC[C@@H]12. The molecule has 0 aromatic rings. The van der Waals surface area contributed by atoms with Crippen molar-refractivity contribution >= 4 is 0 Å². The maximum absolute atomic E-state index is 11.0. The summed E-state index contributed by atoms with van der Waals surface area (Å²) < 4.78 is 0. The summed E-state index contributed by atoms with van der Waals surface area (Å²) in [5.74, 6) is 1.10. The highest BCUT2D eigenvalue weighted by Crippen LogP contribution is 2.61. The topological polar surface area (TPSA) is 20.2 Å². The number of rotatable bonds is 3. The predicted molar refractivity (Wildman–Crippen MR) is 91.1 cm³/mol. The van der Waals surface area contributed by atoms with Crippen molar-refractivity contribution in [2.45, 2.75) is 66.4 Å². The number of fused-ring (bicyclic) bond motifs is 1. The minimum absolute atomic E-state index is 0.0488. The summed E-state index contributed by atoms with van der Waals surface area (Å²) in [4.78, 5) is 0. The molecule has 2 aliphatic rings. The van der Waals surface area contributed by atoms with Gasteiger partial charge in [-0.2, -0.15) is 0 Å². The molecule has 1 fully saturated rings. The third kappa shape index (κ3) is 2.54. The second-order valence-electron chi connectivity index (χ2n) is 7.80. The van der Waals surface area contributed by atoms with Gasteiger partial charge in [-0.25, -0.2) is 0 Å². The van der Waals surface area contributed by atoms with Gasteiger partial charge in [0.1, 0.15) is 0 Å². The summed E-state index contributed by atoms with van der Waals surface area (Å²) in [6, 6.07) is 0. The maximum Gasteiger partial charge on any atom is 0.0785 e. The minimum atomic E-state index is -0.388. The average molecular weight is 288 g/mol. The highest BCUT2D eigenvalue weighted by Gasteiger charge is 2.55. The Balaban J connectivity index is 2.44. The van der Waals surface area contributed by atoms with Crippen molar-refractivity contribution in [3.63, 3.8) is 0 Å². The molecule has 1 heteroatoms. The summed E-state index contributed by atoms with van der Waals surface area (Å²) in [6.07, 6.45) is 10.7. The van der Waals surface area contributed by atoms with Gasteiger partial charge in [-0.15, -0.1) is 0 Å². The molecule has 0 amide bonds. The zero-order valence-corrected chi connectivity index (χ0v) is 14.4. The summed E-state index contributed by atoms with van der Waals surface area (Å²) in [7, 11) is 0. The van der Waals surface area contributed by atoms with E-state index >= 15 is 0 Å². The molecular weight excluding hydrogens is 256 g/mol. The fraction of sp³-hybridized carbons (Fsp3) is 0.700. The Morgan fingerprint density at radius 2 is 2.10 bits per heavy atom. The highest BCUT2D eigenvalue weighted by atomic mass is 16.3. The zero-order valence-electron chi connectivity index (χ0n) is 14.4. The van der Waals surface area contributed by atoms with Crippen molar-refractivity contribution in [1.82, 2.24) is 0 Å². The van der Waals surface area contributed by atoms with Gasteiger partial charge >= 0.3 is 0 Å². The minimum Gasteiger partial charge on any atom is -0.388 e. The van der Waals surface area contributed by atoms with Crippen LogP contribution in [-0.4, -0.2) is 11.2 Å². The fourth-order valence-corrected chi connectivity index (χ4v) is 4.83. The van der Waals surface area contributed by atoms with Crippen LogP contribution in [-0.2, 0) is 0 Å².